The van der Waals surface area contributed by atoms with Gasteiger partial charge in [0.15, 0.2) is 0 Å². The molecule has 0 aliphatic carbocycles. The third-order valence-electron chi connectivity index (χ3n) is 4.02. The fourth-order valence-electron chi connectivity index (χ4n) is 2.76. The highest BCUT2D eigenvalue weighted by Gasteiger charge is 2.40. The number of carbonyl (C=O) groups excluding carboxylic acids is 1. The minimum absolute atomic E-state index is 0.261. The van der Waals surface area contributed by atoms with Crippen molar-refractivity contribution < 1.29 is 14.3 Å². The Balaban J connectivity index is 1.98. The van der Waals surface area contributed by atoms with Crippen LogP contribution in [0.25, 0.3) is 0 Å². The van der Waals surface area contributed by atoms with Gasteiger partial charge in [-0.15, -0.1) is 0 Å². The topological polar surface area (TPSA) is 59.3 Å². The van der Waals surface area contributed by atoms with Crippen molar-refractivity contribution in [2.75, 3.05) is 7.11 Å². The molecule has 0 bridgehead atoms. The number of hydrogen-bond donors (Lipinski definition) is 0. The Morgan fingerprint density at radius 1 is 1.09 bits per heavy atom. The van der Waals surface area contributed by atoms with E-state index in [0.29, 0.717) is 11.1 Å². The number of methoxy groups -OCH3 is 1. The van der Waals surface area contributed by atoms with Gasteiger partial charge in [0.1, 0.15) is 11.9 Å². The van der Waals surface area contributed by atoms with Crippen LogP contribution in [0.5, 0.6) is 5.75 Å². The summed E-state index contributed by atoms with van der Waals surface area (Å²) in [5, 5.41) is 8.91. The lowest BCUT2D eigenvalue weighted by molar-refractivity contribution is -0.139. The number of carbonyl (C=O) groups is 1. The van der Waals surface area contributed by atoms with Crippen LogP contribution in [0.2, 0.25) is 0 Å². The minimum Gasteiger partial charge on any atom is -0.497 e. The first kappa shape index (κ1) is 14.9. The van der Waals surface area contributed by atoms with Crippen LogP contribution in [0.3, 0.4) is 0 Å². The summed E-state index contributed by atoms with van der Waals surface area (Å²) in [5.74, 6) is 0.0932. The molecular formula is C19H15NO3. The third-order valence-corrected chi connectivity index (χ3v) is 4.02. The molecule has 3 rings (SSSR count). The van der Waals surface area contributed by atoms with Gasteiger partial charge in [-0.3, -0.25) is 0 Å². The molecule has 0 saturated carbocycles. The van der Waals surface area contributed by atoms with E-state index in [1.807, 2.05) is 36.4 Å². The zero-order chi connectivity index (χ0) is 16.4. The molecule has 0 amide bonds. The van der Waals surface area contributed by atoms with Crippen LogP contribution in [0.1, 0.15) is 28.7 Å². The lowest BCUT2D eigenvalue weighted by Crippen LogP contribution is -2.07. The molecule has 0 spiro atoms. The van der Waals surface area contributed by atoms with Gasteiger partial charge in [-0.1, -0.05) is 30.8 Å². The number of esters is 1. The van der Waals surface area contributed by atoms with E-state index in [1.54, 1.807) is 19.2 Å². The first-order chi connectivity index (χ1) is 11.1. The third kappa shape index (κ3) is 2.69. The van der Waals surface area contributed by atoms with Crippen LogP contribution in [0.15, 0.2) is 60.7 Å². The fraction of sp³-hybridized carbons (Fsp3) is 0.158. The van der Waals surface area contributed by atoms with Gasteiger partial charge in [0, 0.05) is 5.57 Å². The lowest BCUT2D eigenvalue weighted by atomic mass is 9.86. The molecule has 4 heteroatoms. The van der Waals surface area contributed by atoms with Crippen LogP contribution >= 0.6 is 0 Å². The SMILES string of the molecule is C=C1C(=O)O[C@H](c2ccc(OC)cc2)[C@@H]1c1ccc(C#N)cc1. The van der Waals surface area contributed by atoms with Crippen LogP contribution in [0, 0.1) is 11.3 Å². The quantitative estimate of drug-likeness (QED) is 0.643. The van der Waals surface area contributed by atoms with Crippen LogP contribution in [-0.2, 0) is 9.53 Å². The Labute approximate surface area is 134 Å². The summed E-state index contributed by atoms with van der Waals surface area (Å²) < 4.78 is 10.7. The summed E-state index contributed by atoms with van der Waals surface area (Å²) in [6.07, 6.45) is -0.422. The molecule has 1 heterocycles. The molecule has 2 aromatic rings. The largest absolute Gasteiger partial charge is 0.497 e. The number of benzene rings is 2. The molecular weight excluding hydrogens is 290 g/mol. The predicted molar refractivity (Wildman–Crippen MR) is 84.9 cm³/mol. The number of hydrogen-bond acceptors (Lipinski definition) is 4. The van der Waals surface area contributed by atoms with Gasteiger partial charge in [0.2, 0.25) is 0 Å². The minimum atomic E-state index is -0.422. The smallest absolute Gasteiger partial charge is 0.334 e. The number of nitrogens with zero attached hydrogens (tertiary/aromatic N) is 1. The Bertz CT molecular complexity index is 785. The summed E-state index contributed by atoms with van der Waals surface area (Å²) >= 11 is 0. The highest BCUT2D eigenvalue weighted by Crippen LogP contribution is 2.45. The molecule has 1 saturated heterocycles. The van der Waals surface area contributed by atoms with Gasteiger partial charge in [0.25, 0.3) is 0 Å². The lowest BCUT2D eigenvalue weighted by Gasteiger charge is -2.19. The first-order valence-electron chi connectivity index (χ1n) is 7.18. The van der Waals surface area contributed by atoms with Gasteiger partial charge in [-0.2, -0.15) is 5.26 Å². The molecule has 1 aliphatic rings. The van der Waals surface area contributed by atoms with Crippen molar-refractivity contribution in [1.29, 1.82) is 5.26 Å². The fourth-order valence-corrected chi connectivity index (χ4v) is 2.76. The van der Waals surface area contributed by atoms with Crippen LogP contribution < -0.4 is 4.74 Å². The standard InChI is InChI=1S/C19H15NO3/c1-12-17(14-5-3-13(11-20)4-6-14)18(23-19(12)21)15-7-9-16(22-2)10-8-15/h3-10,17-18H,1H2,2H3/t17-,18+/m0/s1. The molecule has 0 radical (unpaired) electrons. The maximum Gasteiger partial charge on any atom is 0.334 e. The summed E-state index contributed by atoms with van der Waals surface area (Å²) in [6, 6.07) is 16.7. The Hall–Kier alpha value is -3.06. The normalized spacial score (nSPS) is 20.0. The van der Waals surface area contributed by atoms with Crippen molar-refractivity contribution in [2.24, 2.45) is 0 Å². The Morgan fingerprint density at radius 3 is 2.26 bits per heavy atom. The molecule has 1 aliphatic heterocycles. The van der Waals surface area contributed by atoms with Crippen molar-refractivity contribution >= 4 is 5.97 Å². The van der Waals surface area contributed by atoms with Crippen molar-refractivity contribution in [3.05, 3.63) is 77.4 Å². The molecule has 0 aromatic heterocycles. The number of cyclic esters (lactones) is 1. The molecule has 2 atom stereocenters. The van der Waals surface area contributed by atoms with E-state index in [2.05, 4.69) is 12.6 Å². The molecule has 0 N–H and O–H groups in total. The molecule has 0 unspecified atom stereocenters. The van der Waals surface area contributed by atoms with Gasteiger partial charge in [-0.25, -0.2) is 4.79 Å². The Kier molecular flexibility index (Phi) is 3.86. The molecule has 23 heavy (non-hydrogen) atoms. The average molecular weight is 305 g/mol. The average Bonchev–Trinajstić information content (AvgIpc) is 2.90. The van der Waals surface area contributed by atoms with E-state index in [1.165, 1.54) is 0 Å². The summed E-state index contributed by atoms with van der Waals surface area (Å²) in [5.41, 5.74) is 2.79. The number of nitriles is 1. The molecule has 2 aromatic carbocycles. The van der Waals surface area contributed by atoms with Crippen LogP contribution in [0.4, 0.5) is 0 Å². The highest BCUT2D eigenvalue weighted by molar-refractivity contribution is 5.92. The predicted octanol–water partition coefficient (Wildman–Crippen LogP) is 3.50. The van der Waals surface area contributed by atoms with Gasteiger partial charge in [0.05, 0.1) is 24.7 Å². The second-order valence-electron chi connectivity index (χ2n) is 5.34. The molecule has 1 fully saturated rings. The summed E-state index contributed by atoms with van der Waals surface area (Å²) in [7, 11) is 1.60. The van der Waals surface area contributed by atoms with Crippen molar-refractivity contribution in [2.45, 2.75) is 12.0 Å². The van der Waals surface area contributed by atoms with Gasteiger partial charge < -0.3 is 9.47 Å². The van der Waals surface area contributed by atoms with E-state index in [4.69, 9.17) is 14.7 Å². The maximum atomic E-state index is 12.0. The van der Waals surface area contributed by atoms with E-state index in [9.17, 15) is 4.79 Å². The van der Waals surface area contributed by atoms with Crippen LogP contribution in [-0.4, -0.2) is 13.1 Å². The van der Waals surface area contributed by atoms with E-state index in [0.717, 1.165) is 16.9 Å². The molecule has 114 valence electrons. The second kappa shape index (κ2) is 5.98. The molecule has 4 nitrogen and oxygen atoms in total. The monoisotopic (exact) mass is 305 g/mol. The highest BCUT2D eigenvalue weighted by atomic mass is 16.6. The first-order valence-corrected chi connectivity index (χ1v) is 7.18. The van der Waals surface area contributed by atoms with Crippen molar-refractivity contribution in [3.8, 4) is 11.8 Å². The van der Waals surface area contributed by atoms with E-state index >= 15 is 0 Å². The Morgan fingerprint density at radius 2 is 1.70 bits per heavy atom. The van der Waals surface area contributed by atoms with E-state index < -0.39 is 6.10 Å². The van der Waals surface area contributed by atoms with Crippen molar-refractivity contribution in [1.82, 2.24) is 0 Å². The van der Waals surface area contributed by atoms with Crippen molar-refractivity contribution in [3.63, 3.8) is 0 Å². The van der Waals surface area contributed by atoms with Gasteiger partial charge in [-0.05, 0) is 35.4 Å². The summed E-state index contributed by atoms with van der Waals surface area (Å²) in [6.45, 7) is 3.88. The number of rotatable bonds is 3. The zero-order valence-corrected chi connectivity index (χ0v) is 12.7. The maximum absolute atomic E-state index is 12.0. The zero-order valence-electron chi connectivity index (χ0n) is 12.7. The summed E-state index contributed by atoms with van der Waals surface area (Å²) in [4.78, 5) is 12.0. The van der Waals surface area contributed by atoms with E-state index in [-0.39, 0.29) is 11.9 Å². The second-order valence-corrected chi connectivity index (χ2v) is 5.34. The number of ether oxygens (including phenoxy) is 2. The van der Waals surface area contributed by atoms with Gasteiger partial charge >= 0.3 is 5.97 Å².